The highest BCUT2D eigenvalue weighted by molar-refractivity contribution is 6.30. The number of hydrogen-bond donors (Lipinski definition) is 0. The van der Waals surface area contributed by atoms with E-state index < -0.39 is 23.6 Å². The van der Waals surface area contributed by atoms with Gasteiger partial charge in [0.25, 0.3) is 0 Å². The number of benzene rings is 3. The standard InChI is InChI=1S/C22H20ClF3O2/c1-3-13(2)19(23)21(27)28-20(22(24,25)26)18-16-10-6-4-8-14(16)12-15-9-5-7-11-17(15)18/h4-13,19-20H,3H2,1-2H3/t13-,19-,20+/m0/s1. The second-order valence-corrected chi connectivity index (χ2v) is 7.35. The van der Waals surface area contributed by atoms with Gasteiger partial charge in [0.05, 0.1) is 0 Å². The van der Waals surface area contributed by atoms with E-state index in [1.165, 1.54) is 0 Å². The Bertz CT molecular complexity index is 946. The van der Waals surface area contributed by atoms with Crippen LogP contribution in [0.15, 0.2) is 54.6 Å². The van der Waals surface area contributed by atoms with E-state index in [0.29, 0.717) is 28.0 Å². The molecule has 0 heterocycles. The van der Waals surface area contributed by atoms with Gasteiger partial charge in [-0.15, -0.1) is 11.6 Å². The highest BCUT2D eigenvalue weighted by Crippen LogP contribution is 2.43. The summed E-state index contributed by atoms with van der Waals surface area (Å²) in [7, 11) is 0. The van der Waals surface area contributed by atoms with Crippen LogP contribution in [-0.4, -0.2) is 17.5 Å². The maximum Gasteiger partial charge on any atom is 0.429 e. The third-order valence-corrected chi connectivity index (χ3v) is 5.58. The van der Waals surface area contributed by atoms with Gasteiger partial charge in [0.2, 0.25) is 6.10 Å². The molecule has 3 aromatic carbocycles. The van der Waals surface area contributed by atoms with Crippen LogP contribution in [0.4, 0.5) is 13.2 Å². The third-order valence-electron chi connectivity index (χ3n) is 4.98. The van der Waals surface area contributed by atoms with Crippen LogP contribution in [0.3, 0.4) is 0 Å². The molecular weight excluding hydrogens is 389 g/mol. The molecule has 0 spiro atoms. The molecule has 148 valence electrons. The van der Waals surface area contributed by atoms with Crippen molar-refractivity contribution in [3.05, 3.63) is 60.2 Å². The fourth-order valence-electron chi connectivity index (χ4n) is 3.24. The summed E-state index contributed by atoms with van der Waals surface area (Å²) in [6, 6.07) is 15.4. The van der Waals surface area contributed by atoms with Crippen molar-refractivity contribution in [3.63, 3.8) is 0 Å². The van der Waals surface area contributed by atoms with E-state index in [1.54, 1.807) is 55.5 Å². The van der Waals surface area contributed by atoms with Crippen molar-refractivity contribution in [2.75, 3.05) is 0 Å². The Hall–Kier alpha value is -2.27. The molecule has 0 aliphatic heterocycles. The first-order valence-corrected chi connectivity index (χ1v) is 9.49. The third kappa shape index (κ3) is 3.95. The fourth-order valence-corrected chi connectivity index (χ4v) is 3.47. The number of fused-ring (bicyclic) bond motifs is 2. The highest BCUT2D eigenvalue weighted by atomic mass is 35.5. The van der Waals surface area contributed by atoms with Gasteiger partial charge in [-0.05, 0) is 33.5 Å². The number of hydrogen-bond acceptors (Lipinski definition) is 2. The Balaban J connectivity index is 2.20. The van der Waals surface area contributed by atoms with Gasteiger partial charge in [0.15, 0.2) is 0 Å². The van der Waals surface area contributed by atoms with Crippen molar-refractivity contribution < 1.29 is 22.7 Å². The zero-order valence-corrected chi connectivity index (χ0v) is 16.2. The minimum absolute atomic E-state index is 0.0671. The van der Waals surface area contributed by atoms with E-state index in [9.17, 15) is 18.0 Å². The molecule has 3 rings (SSSR count). The van der Waals surface area contributed by atoms with Crippen molar-refractivity contribution in [2.24, 2.45) is 5.92 Å². The topological polar surface area (TPSA) is 26.3 Å². The molecule has 0 aromatic heterocycles. The van der Waals surface area contributed by atoms with Crippen molar-refractivity contribution in [1.29, 1.82) is 0 Å². The van der Waals surface area contributed by atoms with Crippen molar-refractivity contribution >= 4 is 39.1 Å². The molecule has 0 radical (unpaired) electrons. The van der Waals surface area contributed by atoms with Crippen LogP contribution in [0.25, 0.3) is 21.5 Å². The Morgan fingerprint density at radius 2 is 1.54 bits per heavy atom. The van der Waals surface area contributed by atoms with Crippen molar-refractivity contribution in [3.8, 4) is 0 Å². The molecule has 28 heavy (non-hydrogen) atoms. The normalized spacial score (nSPS) is 15.4. The quantitative estimate of drug-likeness (QED) is 0.264. The molecule has 0 fully saturated rings. The summed E-state index contributed by atoms with van der Waals surface area (Å²) in [4.78, 5) is 12.4. The summed E-state index contributed by atoms with van der Waals surface area (Å²) >= 11 is 6.06. The van der Waals surface area contributed by atoms with Gasteiger partial charge in [0, 0.05) is 5.56 Å². The Labute approximate surface area is 166 Å². The maximum atomic E-state index is 14.0. The lowest BCUT2D eigenvalue weighted by Gasteiger charge is -2.26. The van der Waals surface area contributed by atoms with E-state index in [2.05, 4.69) is 0 Å². The van der Waals surface area contributed by atoms with Crippen LogP contribution >= 0.6 is 11.6 Å². The zero-order valence-electron chi connectivity index (χ0n) is 15.5. The fraction of sp³-hybridized carbons (Fsp3) is 0.318. The summed E-state index contributed by atoms with van der Waals surface area (Å²) in [5.74, 6) is -1.36. The highest BCUT2D eigenvalue weighted by Gasteiger charge is 2.46. The molecule has 0 aliphatic carbocycles. The lowest BCUT2D eigenvalue weighted by molar-refractivity contribution is -0.223. The molecule has 3 aromatic rings. The number of rotatable bonds is 5. The van der Waals surface area contributed by atoms with Crippen LogP contribution < -0.4 is 0 Å². The van der Waals surface area contributed by atoms with Gasteiger partial charge in [0.1, 0.15) is 5.38 Å². The van der Waals surface area contributed by atoms with Crippen LogP contribution in [0.1, 0.15) is 31.9 Å². The van der Waals surface area contributed by atoms with Crippen LogP contribution in [0.2, 0.25) is 0 Å². The molecule has 0 amide bonds. The summed E-state index contributed by atoms with van der Waals surface area (Å²) in [6.45, 7) is 3.52. The van der Waals surface area contributed by atoms with Gasteiger partial charge in [-0.1, -0.05) is 68.8 Å². The molecule has 0 saturated carbocycles. The molecule has 0 aliphatic rings. The van der Waals surface area contributed by atoms with E-state index in [-0.39, 0.29) is 11.5 Å². The van der Waals surface area contributed by atoms with Crippen molar-refractivity contribution in [2.45, 2.75) is 37.9 Å². The smallest absolute Gasteiger partial charge is 0.429 e. The maximum absolute atomic E-state index is 14.0. The van der Waals surface area contributed by atoms with Crippen LogP contribution in [0.5, 0.6) is 0 Å². The largest absolute Gasteiger partial charge is 0.447 e. The van der Waals surface area contributed by atoms with E-state index in [1.807, 2.05) is 13.0 Å². The first-order chi connectivity index (χ1) is 13.2. The summed E-state index contributed by atoms with van der Waals surface area (Å²) in [5.41, 5.74) is -0.0671. The monoisotopic (exact) mass is 408 g/mol. The summed E-state index contributed by atoms with van der Waals surface area (Å²) in [6.07, 6.45) is -6.63. The average Bonchev–Trinajstić information content (AvgIpc) is 2.68. The Morgan fingerprint density at radius 3 is 2.00 bits per heavy atom. The molecule has 0 N–H and O–H groups in total. The minimum atomic E-state index is -4.78. The predicted octanol–water partition coefficient (Wildman–Crippen LogP) is 6.79. The molecular formula is C22H20ClF3O2. The molecule has 3 atom stereocenters. The number of carbonyl (C=O) groups excluding carboxylic acids is 1. The molecule has 6 heteroatoms. The van der Waals surface area contributed by atoms with Crippen LogP contribution in [0, 0.1) is 5.92 Å². The molecule has 2 nitrogen and oxygen atoms in total. The second kappa shape index (κ2) is 8.00. The Morgan fingerprint density at radius 1 is 1.04 bits per heavy atom. The zero-order chi connectivity index (χ0) is 20.5. The number of ether oxygens (including phenoxy) is 1. The van der Waals surface area contributed by atoms with Crippen molar-refractivity contribution in [1.82, 2.24) is 0 Å². The van der Waals surface area contributed by atoms with Gasteiger partial charge in [-0.2, -0.15) is 13.2 Å². The minimum Gasteiger partial charge on any atom is -0.447 e. The van der Waals surface area contributed by atoms with Gasteiger partial charge >= 0.3 is 12.1 Å². The SMILES string of the molecule is CC[C@H](C)[C@H](Cl)C(=O)O[C@H](c1c2ccccc2cc2ccccc12)C(F)(F)F. The number of carbonyl (C=O) groups is 1. The van der Waals surface area contributed by atoms with Crippen LogP contribution in [-0.2, 0) is 9.53 Å². The number of alkyl halides is 4. The second-order valence-electron chi connectivity index (χ2n) is 6.88. The van der Waals surface area contributed by atoms with Gasteiger partial charge < -0.3 is 4.74 Å². The molecule has 0 unspecified atom stereocenters. The van der Waals surface area contributed by atoms with E-state index >= 15 is 0 Å². The van der Waals surface area contributed by atoms with E-state index in [0.717, 1.165) is 0 Å². The van der Waals surface area contributed by atoms with Gasteiger partial charge in [-0.3, -0.25) is 4.79 Å². The van der Waals surface area contributed by atoms with Gasteiger partial charge in [-0.25, -0.2) is 0 Å². The Kier molecular flexibility index (Phi) is 5.84. The predicted molar refractivity (Wildman–Crippen MR) is 105 cm³/mol. The lowest BCUT2D eigenvalue weighted by atomic mass is 9.93. The first-order valence-electron chi connectivity index (χ1n) is 9.05. The first kappa shape index (κ1) is 20.5. The molecule has 0 saturated heterocycles. The average molecular weight is 409 g/mol. The number of halogens is 4. The number of esters is 1. The lowest BCUT2D eigenvalue weighted by Crippen LogP contribution is -2.32. The molecule has 0 bridgehead atoms. The van der Waals surface area contributed by atoms with E-state index in [4.69, 9.17) is 16.3 Å². The summed E-state index contributed by atoms with van der Waals surface area (Å²) in [5, 5.41) is 0.935. The summed E-state index contributed by atoms with van der Waals surface area (Å²) < 4.78 is 47.2.